The molecule has 4 heteroatoms. The minimum atomic E-state index is -0.342. The molecule has 2 rings (SSSR count). The van der Waals surface area contributed by atoms with Crippen LogP contribution in [0.1, 0.15) is 18.4 Å². The van der Waals surface area contributed by atoms with Crippen molar-refractivity contribution in [2.45, 2.75) is 12.8 Å². The Labute approximate surface area is 82.3 Å². The van der Waals surface area contributed by atoms with Crippen LogP contribution in [0.3, 0.4) is 0 Å². The van der Waals surface area contributed by atoms with Gasteiger partial charge in [-0.1, -0.05) is 6.92 Å². The number of benzene rings is 1. The van der Waals surface area contributed by atoms with Gasteiger partial charge in [-0.3, -0.25) is 10.1 Å². The number of fused-ring (bicyclic) bond motifs is 1. The third kappa shape index (κ3) is 1.23. The summed E-state index contributed by atoms with van der Waals surface area (Å²) in [4.78, 5) is 12.4. The fraction of sp³-hybridized carbons (Fsp3) is 0.400. The smallest absolute Gasteiger partial charge is 0.269 e. The van der Waals surface area contributed by atoms with E-state index < -0.39 is 0 Å². The molecule has 1 aliphatic heterocycles. The third-order valence-corrected chi connectivity index (χ3v) is 2.71. The number of hydrogen-bond acceptors (Lipinski definition) is 3. The zero-order chi connectivity index (χ0) is 10.3. The van der Waals surface area contributed by atoms with Crippen LogP contribution in [0.2, 0.25) is 0 Å². The Morgan fingerprint density at radius 1 is 1.57 bits per heavy atom. The molecule has 0 fully saturated rings. The Hall–Kier alpha value is -1.58. The molecule has 0 spiro atoms. The standard InChI is InChI=1S/C10H12N2O2/c1-7-6-11(2)10-4-3-8(12(13)14)5-9(7)10/h3-5,7H,6H2,1-2H3. The molecule has 0 radical (unpaired) electrons. The maximum atomic E-state index is 10.6. The molecule has 4 nitrogen and oxygen atoms in total. The number of non-ortho nitro benzene ring substituents is 1. The second kappa shape index (κ2) is 2.97. The van der Waals surface area contributed by atoms with Gasteiger partial charge < -0.3 is 4.90 Å². The molecule has 1 heterocycles. The molecule has 14 heavy (non-hydrogen) atoms. The molecule has 0 bridgehead atoms. The molecule has 0 N–H and O–H groups in total. The van der Waals surface area contributed by atoms with Gasteiger partial charge >= 0.3 is 0 Å². The van der Waals surface area contributed by atoms with Gasteiger partial charge in [0.15, 0.2) is 0 Å². The van der Waals surface area contributed by atoms with Crippen LogP contribution in [-0.4, -0.2) is 18.5 Å². The lowest BCUT2D eigenvalue weighted by Gasteiger charge is -2.10. The first-order valence-corrected chi connectivity index (χ1v) is 4.59. The number of nitrogens with zero attached hydrogens (tertiary/aromatic N) is 2. The first kappa shape index (κ1) is 8.99. The summed E-state index contributed by atoms with van der Waals surface area (Å²) in [5.74, 6) is 0.384. The first-order chi connectivity index (χ1) is 6.59. The van der Waals surface area contributed by atoms with E-state index in [1.807, 2.05) is 13.1 Å². The lowest BCUT2D eigenvalue weighted by atomic mass is 10.0. The molecule has 0 aliphatic carbocycles. The van der Waals surface area contributed by atoms with E-state index in [1.54, 1.807) is 12.1 Å². The molecule has 1 atom stereocenters. The summed E-state index contributed by atoms with van der Waals surface area (Å²) in [6.45, 7) is 3.03. The van der Waals surface area contributed by atoms with Crippen LogP contribution in [0, 0.1) is 10.1 Å². The molecular weight excluding hydrogens is 180 g/mol. The van der Waals surface area contributed by atoms with E-state index in [0.29, 0.717) is 5.92 Å². The molecule has 0 aromatic heterocycles. The van der Waals surface area contributed by atoms with Gasteiger partial charge in [0.05, 0.1) is 4.92 Å². The Kier molecular flexibility index (Phi) is 1.91. The molecule has 1 aromatic carbocycles. The Bertz CT molecular complexity index is 390. The van der Waals surface area contributed by atoms with Crippen LogP contribution in [0.4, 0.5) is 11.4 Å². The highest BCUT2D eigenvalue weighted by molar-refractivity contribution is 5.62. The van der Waals surface area contributed by atoms with Gasteiger partial charge in [0.2, 0.25) is 0 Å². The molecular formula is C10H12N2O2. The minimum absolute atomic E-state index is 0.186. The quantitative estimate of drug-likeness (QED) is 0.506. The minimum Gasteiger partial charge on any atom is -0.374 e. The maximum Gasteiger partial charge on any atom is 0.269 e. The van der Waals surface area contributed by atoms with Crippen molar-refractivity contribution in [2.75, 3.05) is 18.5 Å². The van der Waals surface area contributed by atoms with Gasteiger partial charge in [-0.2, -0.15) is 0 Å². The zero-order valence-corrected chi connectivity index (χ0v) is 8.23. The van der Waals surface area contributed by atoms with E-state index in [1.165, 1.54) is 0 Å². The van der Waals surface area contributed by atoms with E-state index in [-0.39, 0.29) is 10.6 Å². The van der Waals surface area contributed by atoms with E-state index >= 15 is 0 Å². The predicted molar refractivity (Wildman–Crippen MR) is 54.8 cm³/mol. The number of nitro benzene ring substituents is 1. The molecule has 0 saturated carbocycles. The summed E-state index contributed by atoms with van der Waals surface area (Å²) in [7, 11) is 2.01. The maximum absolute atomic E-state index is 10.6. The van der Waals surface area contributed by atoms with Crippen LogP contribution < -0.4 is 4.90 Å². The van der Waals surface area contributed by atoms with Gasteiger partial charge in [0, 0.05) is 37.3 Å². The molecule has 74 valence electrons. The van der Waals surface area contributed by atoms with Crippen molar-refractivity contribution >= 4 is 11.4 Å². The Morgan fingerprint density at radius 2 is 2.29 bits per heavy atom. The van der Waals surface area contributed by atoms with E-state index in [4.69, 9.17) is 0 Å². The van der Waals surface area contributed by atoms with Crippen molar-refractivity contribution in [2.24, 2.45) is 0 Å². The number of rotatable bonds is 1. The molecule has 1 aliphatic rings. The van der Waals surface area contributed by atoms with Crippen LogP contribution in [-0.2, 0) is 0 Å². The SMILES string of the molecule is CC1CN(C)c2ccc([N+](=O)[O-])cc21. The largest absolute Gasteiger partial charge is 0.374 e. The van der Waals surface area contributed by atoms with Crippen LogP contribution in [0.5, 0.6) is 0 Å². The second-order valence-electron chi connectivity index (χ2n) is 3.78. The highest BCUT2D eigenvalue weighted by Crippen LogP contribution is 2.36. The van der Waals surface area contributed by atoms with Crippen LogP contribution in [0.15, 0.2) is 18.2 Å². The summed E-state index contributed by atoms with van der Waals surface area (Å²) >= 11 is 0. The van der Waals surface area contributed by atoms with Crippen molar-refractivity contribution in [3.05, 3.63) is 33.9 Å². The summed E-state index contributed by atoms with van der Waals surface area (Å²) in [6.07, 6.45) is 0. The van der Waals surface area contributed by atoms with E-state index in [2.05, 4.69) is 11.8 Å². The van der Waals surface area contributed by atoms with Gasteiger partial charge in [-0.15, -0.1) is 0 Å². The number of likely N-dealkylation sites (N-methyl/N-ethyl adjacent to an activating group) is 1. The molecule has 1 unspecified atom stereocenters. The molecule has 1 aromatic rings. The highest BCUT2D eigenvalue weighted by Gasteiger charge is 2.24. The van der Waals surface area contributed by atoms with Crippen molar-refractivity contribution < 1.29 is 4.92 Å². The van der Waals surface area contributed by atoms with E-state index in [0.717, 1.165) is 17.8 Å². The van der Waals surface area contributed by atoms with Gasteiger partial charge in [0.25, 0.3) is 5.69 Å². The summed E-state index contributed by atoms with van der Waals surface area (Å²) in [6, 6.07) is 5.08. The lowest BCUT2D eigenvalue weighted by Crippen LogP contribution is -2.13. The summed E-state index contributed by atoms with van der Waals surface area (Å²) in [5.41, 5.74) is 2.38. The summed E-state index contributed by atoms with van der Waals surface area (Å²) in [5, 5.41) is 10.6. The van der Waals surface area contributed by atoms with Crippen LogP contribution in [0.25, 0.3) is 0 Å². The van der Waals surface area contributed by atoms with Gasteiger partial charge in [-0.05, 0) is 11.6 Å². The third-order valence-electron chi connectivity index (χ3n) is 2.71. The van der Waals surface area contributed by atoms with Gasteiger partial charge in [0.1, 0.15) is 0 Å². The molecule has 0 saturated heterocycles. The Morgan fingerprint density at radius 3 is 2.93 bits per heavy atom. The number of nitro groups is 1. The van der Waals surface area contributed by atoms with Gasteiger partial charge in [-0.25, -0.2) is 0 Å². The van der Waals surface area contributed by atoms with Crippen molar-refractivity contribution in [3.63, 3.8) is 0 Å². The predicted octanol–water partition coefficient (Wildman–Crippen LogP) is 2.15. The average molecular weight is 192 g/mol. The van der Waals surface area contributed by atoms with Crippen molar-refractivity contribution in [1.29, 1.82) is 0 Å². The van der Waals surface area contributed by atoms with Crippen molar-refractivity contribution in [3.8, 4) is 0 Å². The van der Waals surface area contributed by atoms with Crippen molar-refractivity contribution in [1.82, 2.24) is 0 Å². The number of anilines is 1. The first-order valence-electron chi connectivity index (χ1n) is 4.59. The number of hydrogen-bond donors (Lipinski definition) is 0. The second-order valence-corrected chi connectivity index (χ2v) is 3.78. The van der Waals surface area contributed by atoms with E-state index in [9.17, 15) is 10.1 Å². The fourth-order valence-corrected chi connectivity index (χ4v) is 2.01. The highest BCUT2D eigenvalue weighted by atomic mass is 16.6. The van der Waals surface area contributed by atoms with Crippen LogP contribution >= 0.6 is 0 Å². The normalized spacial score (nSPS) is 19.6. The monoisotopic (exact) mass is 192 g/mol. The zero-order valence-electron chi connectivity index (χ0n) is 8.23. The summed E-state index contributed by atoms with van der Waals surface area (Å²) < 4.78 is 0. The average Bonchev–Trinajstić information content (AvgIpc) is 2.42. The molecule has 0 amide bonds. The topological polar surface area (TPSA) is 46.4 Å². The lowest BCUT2D eigenvalue weighted by molar-refractivity contribution is -0.384. The Balaban J connectivity index is 2.50. The fourth-order valence-electron chi connectivity index (χ4n) is 2.01.